The Kier molecular flexibility index (Phi) is 5.94. The second kappa shape index (κ2) is 8.05. The highest BCUT2D eigenvalue weighted by Gasteiger charge is 2.34. The minimum absolute atomic E-state index is 0.0211. The predicted molar refractivity (Wildman–Crippen MR) is 103 cm³/mol. The zero-order chi connectivity index (χ0) is 19.6. The lowest BCUT2D eigenvalue weighted by atomic mass is 9.77. The number of Topliss-reactive ketones (excluding diaryl/α,β-unsaturated/α-hetero) is 1. The number of nitrogens with zero attached hydrogens (tertiary/aromatic N) is 2. The Balaban J connectivity index is 1.51. The van der Waals surface area contributed by atoms with Gasteiger partial charge in [-0.3, -0.25) is 9.69 Å². The molecule has 1 saturated heterocycles. The minimum Gasteiger partial charge on any atom is -0.496 e. The van der Waals surface area contributed by atoms with Crippen molar-refractivity contribution in [3.8, 4) is 0 Å². The van der Waals surface area contributed by atoms with Gasteiger partial charge in [-0.2, -0.15) is 0 Å². The van der Waals surface area contributed by atoms with Gasteiger partial charge in [-0.15, -0.1) is 0 Å². The Labute approximate surface area is 162 Å². The summed E-state index contributed by atoms with van der Waals surface area (Å²) < 4.78 is 10.9. The van der Waals surface area contributed by atoms with Gasteiger partial charge in [0.2, 0.25) is 0 Å². The van der Waals surface area contributed by atoms with E-state index in [-0.39, 0.29) is 12.0 Å². The maximum Gasteiger partial charge on any atom is 0.410 e. The highest BCUT2D eigenvalue weighted by Crippen LogP contribution is 2.38. The van der Waals surface area contributed by atoms with Gasteiger partial charge in [-0.25, -0.2) is 4.79 Å². The summed E-state index contributed by atoms with van der Waals surface area (Å²) in [6, 6.07) is 0. The molecule has 150 valence electrons. The van der Waals surface area contributed by atoms with Gasteiger partial charge in [0.25, 0.3) is 0 Å². The summed E-state index contributed by atoms with van der Waals surface area (Å²) in [5.74, 6) is 0.340. The molecule has 1 fully saturated rings. The molecule has 0 aromatic heterocycles. The molecule has 0 aromatic rings. The summed E-state index contributed by atoms with van der Waals surface area (Å²) in [5.41, 5.74) is 3.15. The van der Waals surface area contributed by atoms with Crippen LogP contribution < -0.4 is 0 Å². The first-order valence-electron chi connectivity index (χ1n) is 10.0. The molecule has 27 heavy (non-hydrogen) atoms. The van der Waals surface area contributed by atoms with Crippen molar-refractivity contribution in [3.05, 3.63) is 23.0 Å². The van der Waals surface area contributed by atoms with E-state index >= 15 is 0 Å². The predicted octanol–water partition coefficient (Wildman–Crippen LogP) is 3.14. The molecule has 0 spiro atoms. The van der Waals surface area contributed by atoms with E-state index in [1.165, 1.54) is 11.1 Å². The summed E-state index contributed by atoms with van der Waals surface area (Å²) >= 11 is 0. The average Bonchev–Trinajstić information content (AvgIpc) is 3.06. The van der Waals surface area contributed by atoms with E-state index in [2.05, 4.69) is 11.8 Å². The van der Waals surface area contributed by atoms with Gasteiger partial charge in [0.1, 0.15) is 18.0 Å². The molecular weight excluding hydrogens is 344 g/mol. The maximum absolute atomic E-state index is 12.6. The van der Waals surface area contributed by atoms with Crippen molar-refractivity contribution in [3.63, 3.8) is 0 Å². The molecule has 1 amide bonds. The second-order valence-electron chi connectivity index (χ2n) is 8.60. The number of amides is 1. The van der Waals surface area contributed by atoms with Crippen LogP contribution in [0.25, 0.3) is 0 Å². The molecule has 0 saturated carbocycles. The highest BCUT2D eigenvalue weighted by atomic mass is 16.6. The van der Waals surface area contributed by atoms with Gasteiger partial charge < -0.3 is 14.4 Å². The maximum atomic E-state index is 12.6. The topological polar surface area (TPSA) is 59.1 Å². The van der Waals surface area contributed by atoms with E-state index in [1.807, 2.05) is 20.8 Å². The summed E-state index contributed by atoms with van der Waals surface area (Å²) in [6.07, 6.45) is 3.79. The zero-order valence-corrected chi connectivity index (χ0v) is 17.0. The first kappa shape index (κ1) is 19.9. The largest absolute Gasteiger partial charge is 0.496 e. The van der Waals surface area contributed by atoms with Crippen LogP contribution in [-0.4, -0.2) is 66.6 Å². The van der Waals surface area contributed by atoms with Crippen LogP contribution in [0.15, 0.2) is 23.0 Å². The second-order valence-corrected chi connectivity index (χ2v) is 8.60. The lowest BCUT2D eigenvalue weighted by molar-refractivity contribution is -0.121. The van der Waals surface area contributed by atoms with Gasteiger partial charge >= 0.3 is 6.09 Å². The van der Waals surface area contributed by atoms with Crippen LogP contribution in [0.5, 0.6) is 0 Å². The molecule has 6 heteroatoms. The monoisotopic (exact) mass is 376 g/mol. The quantitative estimate of drug-likeness (QED) is 0.754. The summed E-state index contributed by atoms with van der Waals surface area (Å²) in [5, 5.41) is 0. The van der Waals surface area contributed by atoms with Crippen LogP contribution >= 0.6 is 0 Å². The molecule has 1 unspecified atom stereocenters. The average molecular weight is 376 g/mol. The molecule has 0 N–H and O–H groups in total. The molecule has 2 heterocycles. The third kappa shape index (κ3) is 4.72. The number of carbonyl (C=O) groups is 2. The summed E-state index contributed by atoms with van der Waals surface area (Å²) in [4.78, 5) is 28.9. The van der Waals surface area contributed by atoms with Crippen molar-refractivity contribution in [1.29, 1.82) is 0 Å². The van der Waals surface area contributed by atoms with E-state index in [4.69, 9.17) is 9.47 Å². The number of ether oxygens (including phenoxy) is 2. The fraction of sp³-hybridized carbons (Fsp3) is 0.714. The van der Waals surface area contributed by atoms with Crippen molar-refractivity contribution >= 4 is 11.9 Å². The van der Waals surface area contributed by atoms with Gasteiger partial charge in [-0.05, 0) is 45.7 Å². The number of hydrogen-bond donors (Lipinski definition) is 0. The Morgan fingerprint density at radius 3 is 2.59 bits per heavy atom. The number of hydrogen-bond acceptors (Lipinski definition) is 5. The number of fused-ring (bicyclic) bond motifs is 1. The van der Waals surface area contributed by atoms with Crippen LogP contribution in [0, 0.1) is 5.92 Å². The van der Waals surface area contributed by atoms with Gasteiger partial charge in [0, 0.05) is 44.1 Å². The normalized spacial score (nSPS) is 23.9. The number of piperazine rings is 1. The number of ketones is 1. The van der Waals surface area contributed by atoms with Crippen molar-refractivity contribution in [2.45, 2.75) is 52.6 Å². The van der Waals surface area contributed by atoms with Crippen molar-refractivity contribution in [1.82, 2.24) is 9.80 Å². The van der Waals surface area contributed by atoms with Crippen LogP contribution in [0.1, 0.15) is 47.0 Å². The van der Waals surface area contributed by atoms with Crippen LogP contribution in [0.4, 0.5) is 4.79 Å². The lowest BCUT2D eigenvalue weighted by Crippen LogP contribution is -2.50. The molecular formula is C21H32N2O4. The number of rotatable bonds is 4. The molecule has 1 aliphatic carbocycles. The van der Waals surface area contributed by atoms with Crippen molar-refractivity contribution in [2.24, 2.45) is 5.92 Å². The van der Waals surface area contributed by atoms with E-state index in [1.54, 1.807) is 11.2 Å². The smallest absolute Gasteiger partial charge is 0.410 e. The van der Waals surface area contributed by atoms with Crippen LogP contribution in [0.3, 0.4) is 0 Å². The van der Waals surface area contributed by atoms with E-state index < -0.39 is 5.60 Å². The Bertz CT molecular complexity index is 652. The fourth-order valence-electron chi connectivity index (χ4n) is 4.14. The standard InChI is InChI=1S/C21H32N2O4/c1-5-16-17(19(24)12-15-13-26-14-18(15)16)6-7-22-8-10-23(11-9-22)20(25)27-21(2,3)4/h13,17H,5-12,14H2,1-4H3. The molecule has 6 nitrogen and oxygen atoms in total. The molecule has 2 aliphatic heterocycles. The van der Waals surface area contributed by atoms with Gasteiger partial charge in [-0.1, -0.05) is 12.5 Å². The Morgan fingerprint density at radius 1 is 1.26 bits per heavy atom. The van der Waals surface area contributed by atoms with Crippen LogP contribution in [-0.2, 0) is 14.3 Å². The number of allylic oxidation sites excluding steroid dienone is 1. The summed E-state index contributed by atoms with van der Waals surface area (Å²) in [7, 11) is 0. The Hall–Kier alpha value is -1.82. The third-order valence-electron chi connectivity index (χ3n) is 5.54. The van der Waals surface area contributed by atoms with E-state index in [9.17, 15) is 9.59 Å². The molecule has 3 aliphatic rings. The minimum atomic E-state index is -0.461. The molecule has 0 aromatic carbocycles. The molecule has 0 radical (unpaired) electrons. The zero-order valence-electron chi connectivity index (χ0n) is 17.0. The first-order chi connectivity index (χ1) is 12.8. The fourth-order valence-corrected chi connectivity index (χ4v) is 4.14. The first-order valence-corrected chi connectivity index (χ1v) is 10.0. The van der Waals surface area contributed by atoms with Crippen molar-refractivity contribution in [2.75, 3.05) is 39.3 Å². The number of carbonyl (C=O) groups excluding carboxylic acids is 2. The van der Waals surface area contributed by atoms with Gasteiger partial charge in [0.05, 0.1) is 6.26 Å². The van der Waals surface area contributed by atoms with E-state index in [0.29, 0.717) is 31.9 Å². The van der Waals surface area contributed by atoms with E-state index in [0.717, 1.165) is 38.0 Å². The van der Waals surface area contributed by atoms with Gasteiger partial charge in [0.15, 0.2) is 0 Å². The molecule has 3 rings (SSSR count). The summed E-state index contributed by atoms with van der Waals surface area (Å²) in [6.45, 7) is 12.3. The molecule has 0 bridgehead atoms. The van der Waals surface area contributed by atoms with Crippen LogP contribution in [0.2, 0.25) is 0 Å². The Morgan fingerprint density at radius 2 is 1.96 bits per heavy atom. The van der Waals surface area contributed by atoms with Crippen molar-refractivity contribution < 1.29 is 19.1 Å². The SMILES string of the molecule is CCC1=C2COC=C2CC(=O)C1CCN1CCN(C(=O)OC(C)(C)C)CC1. The third-order valence-corrected chi connectivity index (χ3v) is 5.54. The molecule has 1 atom stereocenters. The highest BCUT2D eigenvalue weighted by molar-refractivity contribution is 5.89. The lowest BCUT2D eigenvalue weighted by Gasteiger charge is -2.36.